The van der Waals surface area contributed by atoms with Crippen molar-refractivity contribution in [2.75, 3.05) is 26.7 Å². The molecule has 2 rings (SSSR count). The van der Waals surface area contributed by atoms with Crippen molar-refractivity contribution >= 4 is 6.03 Å². The van der Waals surface area contributed by atoms with Crippen molar-refractivity contribution in [3.8, 4) is 5.75 Å². The molecular formula is C20H33N3O2. The summed E-state index contributed by atoms with van der Waals surface area (Å²) in [4.78, 5) is 13.9. The van der Waals surface area contributed by atoms with Gasteiger partial charge in [-0.2, -0.15) is 0 Å². The Morgan fingerprint density at radius 1 is 1.28 bits per heavy atom. The molecule has 2 amide bonds. The maximum Gasteiger partial charge on any atom is 0.317 e. The number of carbonyl (C=O) groups is 1. The number of hydrogen-bond acceptors (Lipinski definition) is 3. The van der Waals surface area contributed by atoms with Crippen molar-refractivity contribution in [3.05, 3.63) is 29.8 Å². The van der Waals surface area contributed by atoms with Crippen molar-refractivity contribution in [2.24, 2.45) is 5.41 Å². The largest absolute Gasteiger partial charge is 0.496 e. The molecule has 140 valence electrons. The van der Waals surface area contributed by atoms with Gasteiger partial charge in [0.25, 0.3) is 0 Å². The number of likely N-dealkylation sites (tertiary alicyclic amines) is 1. The average Bonchev–Trinajstić information content (AvgIpc) is 2.59. The molecule has 0 spiro atoms. The predicted octanol–water partition coefficient (Wildman–Crippen LogP) is 3.57. The summed E-state index contributed by atoms with van der Waals surface area (Å²) in [6, 6.07) is 8.89. The smallest absolute Gasteiger partial charge is 0.317 e. The Balaban J connectivity index is 2.06. The van der Waals surface area contributed by atoms with E-state index in [1.807, 2.05) is 24.0 Å². The van der Waals surface area contributed by atoms with Gasteiger partial charge >= 0.3 is 6.03 Å². The number of para-hydroxylation sites is 1. The van der Waals surface area contributed by atoms with Gasteiger partial charge in [0.1, 0.15) is 5.75 Å². The molecule has 1 atom stereocenters. The van der Waals surface area contributed by atoms with E-state index >= 15 is 0 Å². The van der Waals surface area contributed by atoms with Crippen LogP contribution in [-0.4, -0.2) is 43.7 Å². The van der Waals surface area contributed by atoms with E-state index in [0.717, 1.165) is 31.7 Å². The number of nitrogens with zero attached hydrogens (tertiary/aromatic N) is 1. The fraction of sp³-hybridized carbons (Fsp3) is 0.650. The van der Waals surface area contributed by atoms with Crippen LogP contribution in [0.4, 0.5) is 4.79 Å². The number of methoxy groups -OCH3 is 1. The van der Waals surface area contributed by atoms with E-state index in [4.69, 9.17) is 4.74 Å². The zero-order chi connectivity index (χ0) is 18.4. The summed E-state index contributed by atoms with van der Waals surface area (Å²) in [6.45, 7) is 11.0. The monoisotopic (exact) mass is 347 g/mol. The number of benzene rings is 1. The fourth-order valence-corrected chi connectivity index (χ4v) is 3.46. The number of ether oxygens (including phenoxy) is 1. The first-order valence-corrected chi connectivity index (χ1v) is 9.28. The van der Waals surface area contributed by atoms with Gasteiger partial charge in [0.15, 0.2) is 0 Å². The first-order valence-electron chi connectivity index (χ1n) is 9.28. The quantitative estimate of drug-likeness (QED) is 0.856. The summed E-state index contributed by atoms with van der Waals surface area (Å²) in [5, 5.41) is 6.73. The number of urea groups is 1. The molecule has 0 saturated carbocycles. The van der Waals surface area contributed by atoms with Crippen LogP contribution in [-0.2, 0) is 0 Å². The lowest BCUT2D eigenvalue weighted by atomic mass is 9.81. The molecule has 0 aromatic heterocycles. The molecule has 1 saturated heterocycles. The maximum atomic E-state index is 12.0. The summed E-state index contributed by atoms with van der Waals surface area (Å²) in [6.07, 6.45) is 1.94. The third kappa shape index (κ3) is 5.11. The molecule has 1 fully saturated rings. The molecule has 1 heterocycles. The van der Waals surface area contributed by atoms with Crippen molar-refractivity contribution in [3.63, 3.8) is 0 Å². The Hall–Kier alpha value is -1.75. The summed E-state index contributed by atoms with van der Waals surface area (Å²) in [5.74, 6) is 0.926. The van der Waals surface area contributed by atoms with Crippen molar-refractivity contribution < 1.29 is 9.53 Å². The van der Waals surface area contributed by atoms with Gasteiger partial charge < -0.3 is 20.3 Å². The fourth-order valence-electron chi connectivity index (χ4n) is 3.46. The normalized spacial score (nSPS) is 17.2. The van der Waals surface area contributed by atoms with Crippen LogP contribution in [0, 0.1) is 5.41 Å². The molecule has 0 bridgehead atoms. The van der Waals surface area contributed by atoms with Gasteiger partial charge in [0.05, 0.1) is 7.11 Å². The van der Waals surface area contributed by atoms with Gasteiger partial charge in [-0.1, -0.05) is 39.0 Å². The van der Waals surface area contributed by atoms with Crippen LogP contribution in [0.3, 0.4) is 0 Å². The summed E-state index contributed by atoms with van der Waals surface area (Å²) < 4.78 is 5.58. The van der Waals surface area contributed by atoms with Gasteiger partial charge in [-0.3, -0.25) is 0 Å². The van der Waals surface area contributed by atoms with Crippen molar-refractivity contribution in [2.45, 2.75) is 52.6 Å². The van der Waals surface area contributed by atoms with Crippen LogP contribution < -0.4 is 15.4 Å². The number of amides is 2. The number of nitrogens with one attached hydrogen (secondary N) is 2. The number of hydrogen-bond donors (Lipinski definition) is 2. The van der Waals surface area contributed by atoms with E-state index in [0.29, 0.717) is 12.6 Å². The molecule has 25 heavy (non-hydrogen) atoms. The van der Waals surface area contributed by atoms with E-state index in [9.17, 15) is 4.79 Å². The highest BCUT2D eigenvalue weighted by Gasteiger charge is 2.32. The molecule has 1 aliphatic heterocycles. The van der Waals surface area contributed by atoms with E-state index in [-0.39, 0.29) is 17.5 Å². The van der Waals surface area contributed by atoms with Gasteiger partial charge in [-0.05, 0) is 31.2 Å². The van der Waals surface area contributed by atoms with Gasteiger partial charge in [-0.15, -0.1) is 0 Å². The van der Waals surface area contributed by atoms with Crippen LogP contribution in [0.5, 0.6) is 5.75 Å². The lowest BCUT2D eigenvalue weighted by Gasteiger charge is -2.39. The van der Waals surface area contributed by atoms with E-state index in [1.54, 1.807) is 7.11 Å². The SMILES string of the molecule is CCNC(=O)N1CCC(NC(c2ccccc2OC)C(C)(C)C)CC1. The summed E-state index contributed by atoms with van der Waals surface area (Å²) in [7, 11) is 1.73. The molecule has 1 aromatic rings. The van der Waals surface area contributed by atoms with Crippen LogP contribution >= 0.6 is 0 Å². The molecule has 0 radical (unpaired) electrons. The topological polar surface area (TPSA) is 53.6 Å². The second-order valence-electron chi connectivity index (χ2n) is 7.80. The lowest BCUT2D eigenvalue weighted by Crippen LogP contribution is -2.50. The molecule has 0 aliphatic carbocycles. The van der Waals surface area contributed by atoms with Crippen LogP contribution in [0.15, 0.2) is 24.3 Å². The van der Waals surface area contributed by atoms with E-state index < -0.39 is 0 Å². The number of piperidine rings is 1. The molecule has 1 aliphatic rings. The first kappa shape index (κ1) is 19.6. The molecule has 2 N–H and O–H groups in total. The minimum atomic E-state index is 0.0537. The zero-order valence-electron chi connectivity index (χ0n) is 16.3. The lowest BCUT2D eigenvalue weighted by molar-refractivity contribution is 0.162. The Bertz CT molecular complexity index is 560. The number of rotatable bonds is 5. The van der Waals surface area contributed by atoms with Crippen LogP contribution in [0.1, 0.15) is 52.1 Å². The minimum Gasteiger partial charge on any atom is -0.496 e. The molecule has 1 aromatic carbocycles. The number of carbonyl (C=O) groups excluding carboxylic acids is 1. The third-order valence-electron chi connectivity index (χ3n) is 4.83. The zero-order valence-corrected chi connectivity index (χ0v) is 16.3. The molecule has 5 nitrogen and oxygen atoms in total. The second-order valence-corrected chi connectivity index (χ2v) is 7.80. The Kier molecular flexibility index (Phi) is 6.71. The minimum absolute atomic E-state index is 0.0537. The second kappa shape index (κ2) is 8.56. The van der Waals surface area contributed by atoms with Crippen LogP contribution in [0.2, 0.25) is 0 Å². The van der Waals surface area contributed by atoms with Crippen LogP contribution in [0.25, 0.3) is 0 Å². The predicted molar refractivity (Wildman–Crippen MR) is 102 cm³/mol. The Morgan fingerprint density at radius 3 is 2.48 bits per heavy atom. The maximum absolute atomic E-state index is 12.0. The highest BCUT2D eigenvalue weighted by Crippen LogP contribution is 2.38. The Labute approximate surface area is 152 Å². The highest BCUT2D eigenvalue weighted by molar-refractivity contribution is 5.74. The highest BCUT2D eigenvalue weighted by atomic mass is 16.5. The summed E-state index contributed by atoms with van der Waals surface area (Å²) in [5.41, 5.74) is 1.26. The molecule has 1 unspecified atom stereocenters. The van der Waals surface area contributed by atoms with E-state index in [1.165, 1.54) is 5.56 Å². The van der Waals surface area contributed by atoms with E-state index in [2.05, 4.69) is 43.5 Å². The van der Waals surface area contributed by atoms with Gasteiger partial charge in [0.2, 0.25) is 0 Å². The molecular weight excluding hydrogens is 314 g/mol. The van der Waals surface area contributed by atoms with Gasteiger partial charge in [-0.25, -0.2) is 4.79 Å². The third-order valence-corrected chi connectivity index (χ3v) is 4.83. The standard InChI is InChI=1S/C20H33N3O2/c1-6-21-19(24)23-13-11-15(12-14-23)22-18(20(2,3)4)16-9-7-8-10-17(16)25-5/h7-10,15,18,22H,6,11-14H2,1-5H3,(H,21,24). The van der Waals surface area contributed by atoms with Crippen molar-refractivity contribution in [1.29, 1.82) is 0 Å². The van der Waals surface area contributed by atoms with Crippen molar-refractivity contribution in [1.82, 2.24) is 15.5 Å². The average molecular weight is 348 g/mol. The molecule has 5 heteroatoms. The Morgan fingerprint density at radius 2 is 1.92 bits per heavy atom. The first-order chi connectivity index (χ1) is 11.9. The van der Waals surface area contributed by atoms with Gasteiger partial charge in [0, 0.05) is 37.3 Å². The summed E-state index contributed by atoms with van der Waals surface area (Å²) >= 11 is 0.